The Labute approximate surface area is 92.3 Å². The smallest absolute Gasteiger partial charge is 0.166 e. The van der Waals surface area contributed by atoms with Crippen molar-refractivity contribution in [2.24, 2.45) is 5.16 Å². The highest BCUT2D eigenvalue weighted by Crippen LogP contribution is 2.32. The van der Waals surface area contributed by atoms with Crippen LogP contribution in [0.1, 0.15) is 30.9 Å². The molecule has 0 fully saturated rings. The lowest BCUT2D eigenvalue weighted by molar-refractivity contribution is 0.215. The minimum atomic E-state index is -1.03. The van der Waals surface area contributed by atoms with E-state index < -0.39 is 11.6 Å². The molecular weight excluding hydrogens is 216 g/mol. The van der Waals surface area contributed by atoms with Crippen LogP contribution >= 0.6 is 0 Å². The van der Waals surface area contributed by atoms with E-state index in [0.29, 0.717) is 0 Å². The first-order chi connectivity index (χ1) is 7.49. The molecule has 16 heavy (non-hydrogen) atoms. The number of hydrogen-bond donors (Lipinski definition) is 1. The largest absolute Gasteiger partial charge is 0.507 e. The maximum atomic E-state index is 13.4. The normalized spacial score (nSPS) is 11.4. The molecule has 0 saturated heterocycles. The Morgan fingerprint density at radius 2 is 2.06 bits per heavy atom. The van der Waals surface area contributed by atoms with Crippen LogP contribution in [0.25, 0.3) is 0 Å². The Kier molecular flexibility index (Phi) is 3.82. The summed E-state index contributed by atoms with van der Waals surface area (Å²) in [5, 5.41) is 13.1. The van der Waals surface area contributed by atoms with Crippen LogP contribution in [0.2, 0.25) is 0 Å². The summed E-state index contributed by atoms with van der Waals surface area (Å²) >= 11 is 0. The second-order valence-electron chi connectivity index (χ2n) is 3.60. The molecule has 0 unspecified atom stereocenters. The van der Waals surface area contributed by atoms with Crippen molar-refractivity contribution in [1.82, 2.24) is 0 Å². The van der Waals surface area contributed by atoms with Crippen LogP contribution in [0.5, 0.6) is 5.75 Å². The van der Waals surface area contributed by atoms with Gasteiger partial charge in [0.1, 0.15) is 12.9 Å². The maximum absolute atomic E-state index is 13.4. The minimum absolute atomic E-state index is 0.0578. The Hall–Kier alpha value is -1.65. The van der Waals surface area contributed by atoms with E-state index in [1.54, 1.807) is 13.8 Å². The Bertz CT molecular complexity index is 417. The minimum Gasteiger partial charge on any atom is -0.507 e. The summed E-state index contributed by atoms with van der Waals surface area (Å²) in [6.07, 6.45) is 1.13. The van der Waals surface area contributed by atoms with Gasteiger partial charge in [0.2, 0.25) is 0 Å². The SMILES string of the molecule is CO/N=C/c1cc(F)c(F)c(C(C)C)c1O. The standard InChI is InChI=1S/C11H13F2NO2/c1-6(2)9-10(13)8(12)4-7(11(9)15)5-14-16-3/h4-6,15H,1-3H3/b14-5+. The number of halogens is 2. The zero-order valence-corrected chi connectivity index (χ0v) is 9.29. The van der Waals surface area contributed by atoms with Crippen molar-refractivity contribution in [2.75, 3.05) is 7.11 Å². The number of benzene rings is 1. The van der Waals surface area contributed by atoms with E-state index in [2.05, 4.69) is 9.99 Å². The van der Waals surface area contributed by atoms with E-state index >= 15 is 0 Å². The van der Waals surface area contributed by atoms with Gasteiger partial charge in [0, 0.05) is 11.1 Å². The fourth-order valence-corrected chi connectivity index (χ4v) is 1.39. The van der Waals surface area contributed by atoms with Crippen molar-refractivity contribution in [3.05, 3.63) is 28.8 Å². The number of phenolic OH excluding ortho intramolecular Hbond substituents is 1. The highest BCUT2D eigenvalue weighted by Gasteiger charge is 2.19. The molecule has 5 heteroatoms. The molecule has 0 heterocycles. The van der Waals surface area contributed by atoms with Crippen LogP contribution in [0.3, 0.4) is 0 Å². The molecule has 0 saturated carbocycles. The third-order valence-electron chi connectivity index (χ3n) is 2.13. The predicted molar refractivity (Wildman–Crippen MR) is 56.7 cm³/mol. The first-order valence-electron chi connectivity index (χ1n) is 4.76. The number of phenols is 1. The number of rotatable bonds is 3. The van der Waals surface area contributed by atoms with Gasteiger partial charge in [0.05, 0.1) is 6.21 Å². The van der Waals surface area contributed by atoms with E-state index in [1.807, 2.05) is 0 Å². The molecular formula is C11H13F2NO2. The van der Waals surface area contributed by atoms with Gasteiger partial charge in [-0.1, -0.05) is 19.0 Å². The van der Waals surface area contributed by atoms with Crippen molar-refractivity contribution in [3.63, 3.8) is 0 Å². The van der Waals surface area contributed by atoms with Crippen LogP contribution in [0, 0.1) is 11.6 Å². The van der Waals surface area contributed by atoms with Crippen molar-refractivity contribution >= 4 is 6.21 Å². The van der Waals surface area contributed by atoms with Crippen molar-refractivity contribution in [2.45, 2.75) is 19.8 Å². The first-order valence-corrected chi connectivity index (χ1v) is 4.76. The van der Waals surface area contributed by atoms with Gasteiger partial charge in [-0.15, -0.1) is 0 Å². The van der Waals surface area contributed by atoms with Gasteiger partial charge >= 0.3 is 0 Å². The van der Waals surface area contributed by atoms with E-state index in [4.69, 9.17) is 0 Å². The highest BCUT2D eigenvalue weighted by atomic mass is 19.2. The van der Waals surface area contributed by atoms with Gasteiger partial charge < -0.3 is 9.94 Å². The summed E-state index contributed by atoms with van der Waals surface area (Å²) in [6.45, 7) is 3.32. The summed E-state index contributed by atoms with van der Waals surface area (Å²) in [6, 6.07) is 0.874. The summed E-state index contributed by atoms with van der Waals surface area (Å²) in [4.78, 5) is 4.41. The maximum Gasteiger partial charge on any atom is 0.166 e. The molecule has 0 radical (unpaired) electrons. The molecule has 3 nitrogen and oxygen atoms in total. The first kappa shape index (κ1) is 12.4. The lowest BCUT2D eigenvalue weighted by atomic mass is 9.98. The molecule has 1 rings (SSSR count). The second kappa shape index (κ2) is 4.92. The third kappa shape index (κ3) is 2.29. The molecule has 88 valence electrons. The monoisotopic (exact) mass is 229 g/mol. The van der Waals surface area contributed by atoms with E-state index in [0.717, 1.165) is 12.3 Å². The van der Waals surface area contributed by atoms with Crippen LogP contribution < -0.4 is 0 Å². The summed E-state index contributed by atoms with van der Waals surface area (Å²) < 4.78 is 26.6. The number of oxime groups is 1. The fourth-order valence-electron chi connectivity index (χ4n) is 1.39. The van der Waals surface area contributed by atoms with Gasteiger partial charge in [0.25, 0.3) is 0 Å². The average Bonchev–Trinajstić information content (AvgIpc) is 2.21. The average molecular weight is 229 g/mol. The molecule has 0 atom stereocenters. The lowest BCUT2D eigenvalue weighted by Crippen LogP contribution is -2.01. The van der Waals surface area contributed by atoms with Crippen LogP contribution in [0.4, 0.5) is 8.78 Å². The molecule has 0 bridgehead atoms. The number of nitrogens with zero attached hydrogens (tertiary/aromatic N) is 1. The molecule has 0 aliphatic carbocycles. The quantitative estimate of drug-likeness (QED) is 0.639. The van der Waals surface area contributed by atoms with Crippen molar-refractivity contribution < 1.29 is 18.7 Å². The molecule has 1 aromatic carbocycles. The molecule has 1 aromatic rings. The lowest BCUT2D eigenvalue weighted by Gasteiger charge is -2.12. The second-order valence-corrected chi connectivity index (χ2v) is 3.60. The Morgan fingerprint density at radius 1 is 1.44 bits per heavy atom. The van der Waals surface area contributed by atoms with Crippen LogP contribution in [-0.2, 0) is 4.84 Å². The van der Waals surface area contributed by atoms with Gasteiger partial charge in [-0.05, 0) is 12.0 Å². The van der Waals surface area contributed by atoms with E-state index in [-0.39, 0.29) is 22.8 Å². The Balaban J connectivity index is 3.38. The zero-order chi connectivity index (χ0) is 12.3. The van der Waals surface area contributed by atoms with Crippen molar-refractivity contribution in [1.29, 1.82) is 0 Å². The zero-order valence-electron chi connectivity index (χ0n) is 9.29. The van der Waals surface area contributed by atoms with Crippen LogP contribution in [-0.4, -0.2) is 18.4 Å². The molecule has 0 aliphatic heterocycles. The third-order valence-corrected chi connectivity index (χ3v) is 2.13. The Morgan fingerprint density at radius 3 is 2.56 bits per heavy atom. The van der Waals surface area contributed by atoms with Gasteiger partial charge in [-0.2, -0.15) is 0 Å². The predicted octanol–water partition coefficient (Wildman–Crippen LogP) is 2.77. The van der Waals surface area contributed by atoms with E-state index in [9.17, 15) is 13.9 Å². The molecule has 0 aromatic heterocycles. The van der Waals surface area contributed by atoms with Gasteiger partial charge in [-0.3, -0.25) is 0 Å². The summed E-state index contributed by atoms with van der Waals surface area (Å²) in [5.74, 6) is -2.68. The number of aromatic hydroxyl groups is 1. The van der Waals surface area contributed by atoms with Gasteiger partial charge in [-0.25, -0.2) is 8.78 Å². The van der Waals surface area contributed by atoms with Crippen molar-refractivity contribution in [3.8, 4) is 5.75 Å². The topological polar surface area (TPSA) is 41.8 Å². The van der Waals surface area contributed by atoms with Crippen LogP contribution in [0.15, 0.2) is 11.2 Å². The van der Waals surface area contributed by atoms with E-state index in [1.165, 1.54) is 7.11 Å². The van der Waals surface area contributed by atoms with Gasteiger partial charge in [0.15, 0.2) is 11.6 Å². The molecule has 0 aliphatic rings. The molecule has 0 amide bonds. The fraction of sp³-hybridized carbons (Fsp3) is 0.364. The molecule has 1 N–H and O–H groups in total. The number of hydrogen-bond acceptors (Lipinski definition) is 3. The summed E-state index contributed by atoms with van der Waals surface area (Å²) in [7, 11) is 1.32. The molecule has 0 spiro atoms. The highest BCUT2D eigenvalue weighted by molar-refractivity contribution is 5.83. The summed E-state index contributed by atoms with van der Waals surface area (Å²) in [5.41, 5.74) is 0.0296.